The fourth-order valence-corrected chi connectivity index (χ4v) is 3.95. The molecule has 2 aliphatic rings. The molecule has 0 aromatic heterocycles. The number of amides is 1. The number of hydrogen-bond donors (Lipinski definition) is 1. The Labute approximate surface area is 128 Å². The zero-order valence-corrected chi connectivity index (χ0v) is 12.8. The van der Waals surface area contributed by atoms with E-state index in [4.69, 9.17) is 5.11 Å². The Morgan fingerprint density at radius 2 is 2.10 bits per heavy atom. The highest BCUT2D eigenvalue weighted by molar-refractivity contribution is 8.01. The molecule has 1 fully saturated rings. The van der Waals surface area contributed by atoms with Crippen molar-refractivity contribution in [1.82, 2.24) is 4.90 Å². The Kier molecular flexibility index (Phi) is 3.93. The largest absolute Gasteiger partial charge is 0.481 e. The standard InChI is InChI=1S/C16H19NO3S/c1-10(16(19)20)9-17(12-6-7-12)15(18)14-8-11-4-2-3-5-13(11)21-14/h2-5,10,12,14H,6-9H2,1H3,(H,19,20). The number of benzene rings is 1. The molecular weight excluding hydrogens is 286 g/mol. The third-order valence-electron chi connectivity index (χ3n) is 4.09. The summed E-state index contributed by atoms with van der Waals surface area (Å²) in [5.41, 5.74) is 1.22. The van der Waals surface area contributed by atoms with Crippen LogP contribution in [0.5, 0.6) is 0 Å². The van der Waals surface area contributed by atoms with Crippen LogP contribution in [0.1, 0.15) is 25.3 Å². The summed E-state index contributed by atoms with van der Waals surface area (Å²) in [6.45, 7) is 1.99. The summed E-state index contributed by atoms with van der Waals surface area (Å²) in [6.07, 6.45) is 2.76. The van der Waals surface area contributed by atoms with E-state index in [-0.39, 0.29) is 17.2 Å². The van der Waals surface area contributed by atoms with Crippen LogP contribution in [0.4, 0.5) is 0 Å². The van der Waals surface area contributed by atoms with Gasteiger partial charge in [-0.15, -0.1) is 11.8 Å². The predicted molar refractivity (Wildman–Crippen MR) is 81.3 cm³/mol. The van der Waals surface area contributed by atoms with Crippen molar-refractivity contribution in [1.29, 1.82) is 0 Å². The zero-order chi connectivity index (χ0) is 15.0. The Morgan fingerprint density at radius 1 is 1.38 bits per heavy atom. The van der Waals surface area contributed by atoms with Crippen molar-refractivity contribution in [3.63, 3.8) is 0 Å². The van der Waals surface area contributed by atoms with Crippen molar-refractivity contribution < 1.29 is 14.7 Å². The van der Waals surface area contributed by atoms with Crippen LogP contribution in [0.25, 0.3) is 0 Å². The molecule has 21 heavy (non-hydrogen) atoms. The molecule has 1 heterocycles. The summed E-state index contributed by atoms with van der Waals surface area (Å²) in [7, 11) is 0. The molecule has 1 aromatic rings. The molecule has 1 aliphatic carbocycles. The lowest BCUT2D eigenvalue weighted by Crippen LogP contribution is -2.43. The number of carboxylic acids is 1. The molecule has 5 heteroatoms. The van der Waals surface area contributed by atoms with Crippen molar-refractivity contribution in [2.24, 2.45) is 5.92 Å². The second-order valence-corrected chi connectivity index (χ2v) is 7.12. The van der Waals surface area contributed by atoms with Crippen LogP contribution in [-0.4, -0.2) is 39.7 Å². The highest BCUT2D eigenvalue weighted by Crippen LogP contribution is 2.39. The van der Waals surface area contributed by atoms with E-state index in [0.717, 1.165) is 19.3 Å². The molecule has 2 unspecified atom stereocenters. The smallest absolute Gasteiger partial charge is 0.308 e. The van der Waals surface area contributed by atoms with Crippen LogP contribution in [0.15, 0.2) is 29.2 Å². The molecule has 1 aliphatic heterocycles. The summed E-state index contributed by atoms with van der Waals surface area (Å²) in [6, 6.07) is 8.36. The third-order valence-corrected chi connectivity index (χ3v) is 5.39. The summed E-state index contributed by atoms with van der Waals surface area (Å²) in [5, 5.41) is 8.99. The van der Waals surface area contributed by atoms with Crippen LogP contribution in [0.3, 0.4) is 0 Å². The molecule has 1 saturated carbocycles. The Bertz CT molecular complexity index is 545. The average molecular weight is 305 g/mol. The number of carbonyl (C=O) groups excluding carboxylic acids is 1. The van der Waals surface area contributed by atoms with E-state index in [1.807, 2.05) is 17.0 Å². The van der Waals surface area contributed by atoms with E-state index < -0.39 is 11.9 Å². The molecule has 0 spiro atoms. The number of carbonyl (C=O) groups is 2. The summed E-state index contributed by atoms with van der Waals surface area (Å²) in [5.74, 6) is -1.24. The van der Waals surface area contributed by atoms with E-state index in [2.05, 4.69) is 12.1 Å². The second kappa shape index (κ2) is 5.72. The lowest BCUT2D eigenvalue weighted by molar-refractivity contribution is -0.143. The van der Waals surface area contributed by atoms with Gasteiger partial charge in [0.05, 0.1) is 11.2 Å². The number of hydrogen-bond acceptors (Lipinski definition) is 3. The van der Waals surface area contributed by atoms with Gasteiger partial charge in [-0.25, -0.2) is 0 Å². The first-order valence-electron chi connectivity index (χ1n) is 7.34. The number of aliphatic carboxylic acids is 1. The van der Waals surface area contributed by atoms with Gasteiger partial charge in [0.15, 0.2) is 0 Å². The fourth-order valence-electron chi connectivity index (χ4n) is 2.68. The third kappa shape index (κ3) is 3.07. The molecule has 0 bridgehead atoms. The van der Waals surface area contributed by atoms with Gasteiger partial charge in [-0.1, -0.05) is 25.1 Å². The maximum absolute atomic E-state index is 12.8. The van der Waals surface area contributed by atoms with Gasteiger partial charge in [0.25, 0.3) is 0 Å². The minimum absolute atomic E-state index is 0.0935. The first-order valence-corrected chi connectivity index (χ1v) is 8.22. The molecule has 0 saturated heterocycles. The van der Waals surface area contributed by atoms with Gasteiger partial charge >= 0.3 is 5.97 Å². The Hall–Kier alpha value is -1.49. The molecular formula is C16H19NO3S. The van der Waals surface area contributed by atoms with Crippen molar-refractivity contribution in [3.05, 3.63) is 29.8 Å². The van der Waals surface area contributed by atoms with E-state index in [1.54, 1.807) is 18.7 Å². The van der Waals surface area contributed by atoms with Crippen molar-refractivity contribution in [3.8, 4) is 0 Å². The normalized spacial score (nSPS) is 21.7. The van der Waals surface area contributed by atoms with Crippen LogP contribution in [0.2, 0.25) is 0 Å². The molecule has 1 N–H and O–H groups in total. The van der Waals surface area contributed by atoms with Gasteiger partial charge in [0.1, 0.15) is 0 Å². The fraction of sp³-hybridized carbons (Fsp3) is 0.500. The summed E-state index contributed by atoms with van der Waals surface area (Å²) >= 11 is 1.61. The van der Waals surface area contributed by atoms with E-state index in [1.165, 1.54) is 10.5 Å². The molecule has 112 valence electrons. The van der Waals surface area contributed by atoms with Crippen LogP contribution in [-0.2, 0) is 16.0 Å². The lowest BCUT2D eigenvalue weighted by atomic mass is 10.1. The number of thioether (sulfide) groups is 1. The monoisotopic (exact) mass is 305 g/mol. The Balaban J connectivity index is 1.70. The van der Waals surface area contributed by atoms with Gasteiger partial charge in [0.2, 0.25) is 5.91 Å². The van der Waals surface area contributed by atoms with Gasteiger partial charge in [-0.05, 0) is 30.9 Å². The lowest BCUT2D eigenvalue weighted by Gasteiger charge is -2.26. The summed E-state index contributed by atoms with van der Waals surface area (Å²) in [4.78, 5) is 26.8. The number of carboxylic acid groups (broad SMARTS) is 1. The maximum Gasteiger partial charge on any atom is 0.308 e. The molecule has 0 radical (unpaired) electrons. The molecule has 1 amide bonds. The summed E-state index contributed by atoms with van der Waals surface area (Å²) < 4.78 is 0. The second-order valence-electron chi connectivity index (χ2n) is 5.88. The minimum atomic E-state index is -0.837. The van der Waals surface area contributed by atoms with Crippen LogP contribution in [0, 0.1) is 5.92 Å². The highest BCUT2D eigenvalue weighted by Gasteiger charge is 2.39. The molecule has 4 nitrogen and oxygen atoms in total. The van der Waals surface area contributed by atoms with Crippen molar-refractivity contribution >= 4 is 23.6 Å². The maximum atomic E-state index is 12.8. The molecule has 1 aromatic carbocycles. The highest BCUT2D eigenvalue weighted by atomic mass is 32.2. The van der Waals surface area contributed by atoms with Crippen LogP contribution < -0.4 is 0 Å². The van der Waals surface area contributed by atoms with E-state index in [9.17, 15) is 9.59 Å². The van der Waals surface area contributed by atoms with Crippen molar-refractivity contribution in [2.75, 3.05) is 6.54 Å². The number of rotatable bonds is 5. The quantitative estimate of drug-likeness (QED) is 0.907. The first-order chi connectivity index (χ1) is 10.1. The average Bonchev–Trinajstić information content (AvgIpc) is 3.21. The minimum Gasteiger partial charge on any atom is -0.481 e. The van der Waals surface area contributed by atoms with Gasteiger partial charge in [0, 0.05) is 17.5 Å². The van der Waals surface area contributed by atoms with Crippen molar-refractivity contribution in [2.45, 2.75) is 42.4 Å². The van der Waals surface area contributed by atoms with Gasteiger partial charge < -0.3 is 10.0 Å². The van der Waals surface area contributed by atoms with E-state index >= 15 is 0 Å². The SMILES string of the molecule is CC(CN(C(=O)C1Cc2ccccc2S1)C1CC1)C(=O)O. The molecule has 2 atom stereocenters. The topological polar surface area (TPSA) is 57.6 Å². The number of fused-ring (bicyclic) bond motifs is 1. The number of nitrogens with zero attached hydrogens (tertiary/aromatic N) is 1. The van der Waals surface area contributed by atoms with E-state index in [0.29, 0.717) is 6.54 Å². The predicted octanol–water partition coefficient (Wildman–Crippen LogP) is 2.42. The zero-order valence-electron chi connectivity index (χ0n) is 12.0. The first kappa shape index (κ1) is 14.4. The van der Waals surface area contributed by atoms with Crippen LogP contribution >= 0.6 is 11.8 Å². The van der Waals surface area contributed by atoms with Gasteiger partial charge in [-0.3, -0.25) is 9.59 Å². The molecule has 3 rings (SSSR count). The Morgan fingerprint density at radius 3 is 2.71 bits per heavy atom. The van der Waals surface area contributed by atoms with Gasteiger partial charge in [-0.2, -0.15) is 0 Å².